The van der Waals surface area contributed by atoms with E-state index in [0.717, 1.165) is 30.4 Å². The van der Waals surface area contributed by atoms with Crippen LogP contribution >= 0.6 is 22.9 Å². The molecule has 0 bridgehead atoms. The SMILES string of the molecule is N[C@@H]1CCN(Cc2csc(Cl)c2)C1. The van der Waals surface area contributed by atoms with Crippen LogP contribution in [-0.4, -0.2) is 24.0 Å². The molecular formula is C9H13ClN2S. The van der Waals surface area contributed by atoms with Gasteiger partial charge in [-0.3, -0.25) is 4.90 Å². The maximum absolute atomic E-state index is 5.85. The molecule has 0 radical (unpaired) electrons. The van der Waals surface area contributed by atoms with Gasteiger partial charge in [-0.15, -0.1) is 11.3 Å². The Bertz CT molecular complexity index is 287. The summed E-state index contributed by atoms with van der Waals surface area (Å²) in [5, 5.41) is 2.12. The van der Waals surface area contributed by atoms with Crippen molar-refractivity contribution in [3.05, 3.63) is 21.3 Å². The van der Waals surface area contributed by atoms with E-state index in [1.54, 1.807) is 11.3 Å². The summed E-state index contributed by atoms with van der Waals surface area (Å²) in [7, 11) is 0. The monoisotopic (exact) mass is 216 g/mol. The highest BCUT2D eigenvalue weighted by Crippen LogP contribution is 2.22. The first kappa shape index (κ1) is 9.46. The highest BCUT2D eigenvalue weighted by Gasteiger charge is 2.18. The van der Waals surface area contributed by atoms with E-state index in [-0.39, 0.29) is 0 Å². The summed E-state index contributed by atoms with van der Waals surface area (Å²) >= 11 is 7.45. The lowest BCUT2D eigenvalue weighted by atomic mass is 10.3. The molecule has 2 heterocycles. The van der Waals surface area contributed by atoms with Crippen LogP contribution in [0.5, 0.6) is 0 Å². The lowest BCUT2D eigenvalue weighted by molar-refractivity contribution is 0.327. The third-order valence-corrected chi connectivity index (χ3v) is 3.48. The summed E-state index contributed by atoms with van der Waals surface area (Å²) in [6, 6.07) is 2.41. The Morgan fingerprint density at radius 3 is 3.08 bits per heavy atom. The summed E-state index contributed by atoms with van der Waals surface area (Å²) in [4.78, 5) is 2.38. The highest BCUT2D eigenvalue weighted by molar-refractivity contribution is 7.14. The fraction of sp³-hybridized carbons (Fsp3) is 0.556. The first-order valence-electron chi connectivity index (χ1n) is 4.45. The molecule has 4 heteroatoms. The molecule has 0 spiro atoms. The van der Waals surface area contributed by atoms with Crippen molar-refractivity contribution >= 4 is 22.9 Å². The molecule has 0 unspecified atom stereocenters. The summed E-state index contributed by atoms with van der Waals surface area (Å²) in [5.74, 6) is 0. The van der Waals surface area contributed by atoms with Crippen LogP contribution in [0.1, 0.15) is 12.0 Å². The van der Waals surface area contributed by atoms with Gasteiger partial charge in [-0.1, -0.05) is 11.6 Å². The van der Waals surface area contributed by atoms with Crippen LogP contribution in [0, 0.1) is 0 Å². The third kappa shape index (κ3) is 2.44. The number of nitrogens with two attached hydrogens (primary N) is 1. The molecule has 1 aliphatic heterocycles. The molecule has 1 aliphatic rings. The minimum Gasteiger partial charge on any atom is -0.326 e. The van der Waals surface area contributed by atoms with Gasteiger partial charge in [-0.05, 0) is 23.4 Å². The van der Waals surface area contributed by atoms with Crippen molar-refractivity contribution < 1.29 is 0 Å². The van der Waals surface area contributed by atoms with Gasteiger partial charge in [0.05, 0.1) is 4.34 Å². The first-order valence-corrected chi connectivity index (χ1v) is 5.70. The Kier molecular flexibility index (Phi) is 2.89. The fourth-order valence-electron chi connectivity index (χ4n) is 1.69. The summed E-state index contributed by atoms with van der Waals surface area (Å²) in [6.45, 7) is 3.14. The van der Waals surface area contributed by atoms with Crippen molar-refractivity contribution in [3.63, 3.8) is 0 Å². The molecule has 0 aromatic carbocycles. The minimum absolute atomic E-state index is 0.370. The summed E-state index contributed by atoms with van der Waals surface area (Å²) in [6.07, 6.45) is 1.12. The molecule has 0 amide bonds. The topological polar surface area (TPSA) is 29.3 Å². The maximum Gasteiger partial charge on any atom is 0.0931 e. The van der Waals surface area contributed by atoms with E-state index >= 15 is 0 Å². The number of hydrogen-bond acceptors (Lipinski definition) is 3. The van der Waals surface area contributed by atoms with Crippen LogP contribution in [0.3, 0.4) is 0 Å². The second-order valence-corrected chi connectivity index (χ2v) is 5.09. The highest BCUT2D eigenvalue weighted by atomic mass is 35.5. The molecule has 2 rings (SSSR count). The molecule has 0 saturated carbocycles. The number of hydrogen-bond donors (Lipinski definition) is 1. The Morgan fingerprint density at radius 2 is 2.54 bits per heavy atom. The fourth-order valence-corrected chi connectivity index (χ4v) is 2.59. The smallest absolute Gasteiger partial charge is 0.0931 e. The number of rotatable bonds is 2. The molecule has 1 atom stereocenters. The van der Waals surface area contributed by atoms with Crippen LogP contribution in [0.2, 0.25) is 4.34 Å². The largest absolute Gasteiger partial charge is 0.326 e. The van der Waals surface area contributed by atoms with Crippen molar-refractivity contribution in [1.29, 1.82) is 0 Å². The van der Waals surface area contributed by atoms with Gasteiger partial charge < -0.3 is 5.73 Å². The standard InChI is InChI=1S/C9H13ClN2S/c10-9-3-7(6-13-9)4-12-2-1-8(11)5-12/h3,6,8H,1-2,4-5,11H2/t8-/m1/s1. The first-order chi connectivity index (χ1) is 6.24. The van der Waals surface area contributed by atoms with Gasteiger partial charge in [-0.25, -0.2) is 0 Å². The molecule has 1 aromatic rings. The van der Waals surface area contributed by atoms with Crippen LogP contribution in [0.15, 0.2) is 11.4 Å². The molecule has 1 aromatic heterocycles. The molecule has 72 valence electrons. The van der Waals surface area contributed by atoms with Crippen molar-refractivity contribution in [2.24, 2.45) is 5.73 Å². The van der Waals surface area contributed by atoms with Crippen LogP contribution in [0.4, 0.5) is 0 Å². The molecule has 1 fully saturated rings. The van der Waals surface area contributed by atoms with E-state index in [4.69, 9.17) is 17.3 Å². The van der Waals surface area contributed by atoms with E-state index in [1.165, 1.54) is 5.56 Å². The number of likely N-dealkylation sites (tertiary alicyclic amines) is 1. The third-order valence-electron chi connectivity index (χ3n) is 2.34. The van der Waals surface area contributed by atoms with Gasteiger partial charge in [0.1, 0.15) is 0 Å². The van der Waals surface area contributed by atoms with E-state index in [2.05, 4.69) is 10.3 Å². The van der Waals surface area contributed by atoms with Gasteiger partial charge in [-0.2, -0.15) is 0 Å². The van der Waals surface area contributed by atoms with Crippen LogP contribution in [-0.2, 0) is 6.54 Å². The molecular weight excluding hydrogens is 204 g/mol. The van der Waals surface area contributed by atoms with Gasteiger partial charge in [0.2, 0.25) is 0 Å². The van der Waals surface area contributed by atoms with Gasteiger partial charge in [0, 0.05) is 25.7 Å². The van der Waals surface area contributed by atoms with Gasteiger partial charge >= 0.3 is 0 Å². The molecule has 1 saturated heterocycles. The predicted molar refractivity (Wildman–Crippen MR) is 57.2 cm³/mol. The average molecular weight is 217 g/mol. The molecule has 0 aliphatic carbocycles. The average Bonchev–Trinajstić information content (AvgIpc) is 2.62. The van der Waals surface area contributed by atoms with Crippen molar-refractivity contribution in [1.82, 2.24) is 4.90 Å². The zero-order chi connectivity index (χ0) is 9.26. The van der Waals surface area contributed by atoms with Gasteiger partial charge in [0.15, 0.2) is 0 Å². The number of nitrogens with zero attached hydrogens (tertiary/aromatic N) is 1. The van der Waals surface area contributed by atoms with E-state index < -0.39 is 0 Å². The summed E-state index contributed by atoms with van der Waals surface area (Å²) < 4.78 is 0.874. The zero-order valence-electron chi connectivity index (χ0n) is 7.37. The zero-order valence-corrected chi connectivity index (χ0v) is 8.94. The molecule has 2 N–H and O–H groups in total. The quantitative estimate of drug-likeness (QED) is 0.819. The molecule has 13 heavy (non-hydrogen) atoms. The lowest BCUT2D eigenvalue weighted by Gasteiger charge is -2.13. The predicted octanol–water partition coefficient (Wildman–Crippen LogP) is 1.93. The molecule has 2 nitrogen and oxygen atoms in total. The normalized spacial score (nSPS) is 24.0. The Balaban J connectivity index is 1.91. The van der Waals surface area contributed by atoms with Crippen LogP contribution < -0.4 is 5.73 Å². The maximum atomic E-state index is 5.85. The van der Waals surface area contributed by atoms with E-state index in [1.807, 2.05) is 6.07 Å². The Labute approximate surface area is 87.3 Å². The van der Waals surface area contributed by atoms with Crippen LogP contribution in [0.25, 0.3) is 0 Å². The number of thiophene rings is 1. The minimum atomic E-state index is 0.370. The second kappa shape index (κ2) is 3.96. The second-order valence-electron chi connectivity index (χ2n) is 3.54. The lowest BCUT2D eigenvalue weighted by Crippen LogP contribution is -2.26. The van der Waals surface area contributed by atoms with Crippen molar-refractivity contribution in [2.45, 2.75) is 19.0 Å². The Hall–Kier alpha value is -0.0900. The van der Waals surface area contributed by atoms with E-state index in [0.29, 0.717) is 6.04 Å². The van der Waals surface area contributed by atoms with Crippen molar-refractivity contribution in [2.75, 3.05) is 13.1 Å². The van der Waals surface area contributed by atoms with Crippen molar-refractivity contribution in [3.8, 4) is 0 Å². The van der Waals surface area contributed by atoms with Gasteiger partial charge in [0.25, 0.3) is 0 Å². The van der Waals surface area contributed by atoms with E-state index in [9.17, 15) is 0 Å². The Morgan fingerprint density at radius 1 is 1.69 bits per heavy atom. The summed E-state index contributed by atoms with van der Waals surface area (Å²) in [5.41, 5.74) is 7.13. The number of halogens is 1.